The predicted molar refractivity (Wildman–Crippen MR) is 82.2 cm³/mol. The number of para-hydroxylation sites is 1. The molecule has 0 radical (unpaired) electrons. The maximum Gasteiger partial charge on any atom is 0.0648 e. The second kappa shape index (κ2) is 5.93. The summed E-state index contributed by atoms with van der Waals surface area (Å²) in [6.45, 7) is 5.77. The van der Waals surface area contributed by atoms with Crippen molar-refractivity contribution in [3.63, 3.8) is 0 Å². The van der Waals surface area contributed by atoms with Crippen molar-refractivity contribution in [2.45, 2.75) is 26.9 Å². The zero-order valence-electron chi connectivity index (χ0n) is 12.3. The number of hydrogen-bond acceptors (Lipinski definition) is 3. The van der Waals surface area contributed by atoms with Crippen LogP contribution in [-0.4, -0.2) is 20.0 Å². The van der Waals surface area contributed by atoms with Gasteiger partial charge in [-0.1, -0.05) is 18.2 Å². The first kappa shape index (κ1) is 13.6. The van der Waals surface area contributed by atoms with Gasteiger partial charge in [0.1, 0.15) is 0 Å². The summed E-state index contributed by atoms with van der Waals surface area (Å²) >= 11 is 0. The first-order valence-electron chi connectivity index (χ1n) is 7.04. The van der Waals surface area contributed by atoms with Crippen molar-refractivity contribution in [1.29, 1.82) is 0 Å². The molecular formula is C16H19N5. The third-order valence-corrected chi connectivity index (χ3v) is 3.63. The third kappa shape index (κ3) is 2.87. The second-order valence-electron chi connectivity index (χ2n) is 5.11. The van der Waals surface area contributed by atoms with Gasteiger partial charge in [0.2, 0.25) is 0 Å². The molecule has 3 aromatic rings. The van der Waals surface area contributed by atoms with Gasteiger partial charge in [0, 0.05) is 36.1 Å². The Morgan fingerprint density at radius 2 is 1.95 bits per heavy atom. The fraction of sp³-hybridized carbons (Fsp3) is 0.250. The normalized spacial score (nSPS) is 11.0. The molecule has 1 aromatic carbocycles. The molecule has 0 spiro atoms. The number of aromatic nitrogens is 4. The summed E-state index contributed by atoms with van der Waals surface area (Å²) < 4.78 is 2.00. The van der Waals surface area contributed by atoms with Gasteiger partial charge in [-0.05, 0) is 26.0 Å². The first-order valence-corrected chi connectivity index (χ1v) is 7.04. The van der Waals surface area contributed by atoms with Gasteiger partial charge in [-0.25, -0.2) is 4.68 Å². The largest absolute Gasteiger partial charge is 0.308 e. The quantitative estimate of drug-likeness (QED) is 0.755. The van der Waals surface area contributed by atoms with Crippen molar-refractivity contribution in [1.82, 2.24) is 25.3 Å². The van der Waals surface area contributed by atoms with E-state index in [0.717, 1.165) is 30.0 Å². The molecule has 0 aliphatic carbocycles. The van der Waals surface area contributed by atoms with Crippen LogP contribution in [0.15, 0.2) is 42.7 Å². The summed E-state index contributed by atoms with van der Waals surface area (Å²) in [6, 6.07) is 10.2. The van der Waals surface area contributed by atoms with Crippen LogP contribution < -0.4 is 5.32 Å². The maximum absolute atomic E-state index is 4.65. The van der Waals surface area contributed by atoms with E-state index in [-0.39, 0.29) is 0 Å². The number of H-pyrrole nitrogens is 1. The number of benzene rings is 1. The van der Waals surface area contributed by atoms with Crippen LogP contribution in [0.5, 0.6) is 0 Å². The number of aromatic amines is 1. The topological polar surface area (TPSA) is 58.5 Å². The average molecular weight is 281 g/mol. The zero-order chi connectivity index (χ0) is 14.7. The number of nitrogens with one attached hydrogen (secondary N) is 2. The van der Waals surface area contributed by atoms with Gasteiger partial charge in [-0.3, -0.25) is 5.10 Å². The first-order chi connectivity index (χ1) is 10.3. The van der Waals surface area contributed by atoms with Gasteiger partial charge in [0.15, 0.2) is 0 Å². The van der Waals surface area contributed by atoms with E-state index in [1.165, 1.54) is 11.3 Å². The van der Waals surface area contributed by atoms with Crippen LogP contribution in [0, 0.1) is 13.8 Å². The van der Waals surface area contributed by atoms with Crippen LogP contribution >= 0.6 is 0 Å². The lowest BCUT2D eigenvalue weighted by molar-refractivity contribution is 0.687. The Bertz CT molecular complexity index is 698. The summed E-state index contributed by atoms with van der Waals surface area (Å²) in [5.41, 5.74) is 5.75. The van der Waals surface area contributed by atoms with E-state index in [9.17, 15) is 0 Å². The van der Waals surface area contributed by atoms with Crippen LogP contribution in [0.3, 0.4) is 0 Å². The van der Waals surface area contributed by atoms with Crippen molar-refractivity contribution < 1.29 is 0 Å². The summed E-state index contributed by atoms with van der Waals surface area (Å²) in [5, 5.41) is 14.9. The summed E-state index contributed by atoms with van der Waals surface area (Å²) in [7, 11) is 0. The molecule has 3 rings (SSSR count). The average Bonchev–Trinajstić information content (AvgIpc) is 3.11. The Balaban J connectivity index is 1.75. The summed E-state index contributed by atoms with van der Waals surface area (Å²) in [4.78, 5) is 0. The summed E-state index contributed by atoms with van der Waals surface area (Å²) in [6.07, 6.45) is 3.74. The molecule has 0 bridgehead atoms. The Kier molecular flexibility index (Phi) is 3.83. The van der Waals surface area contributed by atoms with Crippen LogP contribution in [0.4, 0.5) is 0 Å². The fourth-order valence-corrected chi connectivity index (χ4v) is 2.46. The lowest BCUT2D eigenvalue weighted by Gasteiger charge is -2.06. The lowest BCUT2D eigenvalue weighted by atomic mass is 10.2. The number of rotatable bonds is 5. The molecular weight excluding hydrogens is 262 g/mol. The summed E-state index contributed by atoms with van der Waals surface area (Å²) in [5.74, 6) is 0. The predicted octanol–water partition coefficient (Wildman–Crippen LogP) is 2.50. The molecule has 0 aliphatic heterocycles. The highest BCUT2D eigenvalue weighted by Gasteiger charge is 2.12. The molecule has 108 valence electrons. The third-order valence-electron chi connectivity index (χ3n) is 3.63. The Hall–Kier alpha value is -2.40. The molecule has 2 heterocycles. The van der Waals surface area contributed by atoms with E-state index in [2.05, 4.69) is 46.6 Å². The second-order valence-corrected chi connectivity index (χ2v) is 5.11. The molecule has 0 aliphatic rings. The Morgan fingerprint density at radius 1 is 1.14 bits per heavy atom. The zero-order valence-corrected chi connectivity index (χ0v) is 12.3. The van der Waals surface area contributed by atoms with Gasteiger partial charge in [-0.2, -0.15) is 10.2 Å². The minimum atomic E-state index is 0.798. The van der Waals surface area contributed by atoms with E-state index in [4.69, 9.17) is 0 Å². The highest BCUT2D eigenvalue weighted by atomic mass is 15.3. The number of nitrogens with zero attached hydrogens (tertiary/aromatic N) is 3. The van der Waals surface area contributed by atoms with E-state index >= 15 is 0 Å². The van der Waals surface area contributed by atoms with Crippen molar-refractivity contribution in [2.24, 2.45) is 0 Å². The molecule has 2 N–H and O–H groups in total. The van der Waals surface area contributed by atoms with Gasteiger partial charge in [0.25, 0.3) is 0 Å². The van der Waals surface area contributed by atoms with Crippen LogP contribution in [0.2, 0.25) is 0 Å². The molecule has 5 heteroatoms. The van der Waals surface area contributed by atoms with Gasteiger partial charge >= 0.3 is 0 Å². The molecule has 21 heavy (non-hydrogen) atoms. The van der Waals surface area contributed by atoms with Gasteiger partial charge in [0.05, 0.1) is 17.6 Å². The molecule has 0 amide bonds. The lowest BCUT2D eigenvalue weighted by Crippen LogP contribution is -2.13. The maximum atomic E-state index is 4.65. The molecule has 0 saturated heterocycles. The highest BCUT2D eigenvalue weighted by molar-refractivity contribution is 5.36. The standard InChI is InChI=1S/C16H19N5/c1-12-16(11-17-8-14-9-18-19-10-14)13(2)21(20-12)15-6-4-3-5-7-15/h3-7,9-10,17H,8,11H2,1-2H3,(H,18,19). The SMILES string of the molecule is Cc1nn(-c2ccccc2)c(C)c1CNCc1cn[nH]c1. The van der Waals surface area contributed by atoms with Crippen molar-refractivity contribution in [2.75, 3.05) is 0 Å². The highest BCUT2D eigenvalue weighted by Crippen LogP contribution is 2.17. The van der Waals surface area contributed by atoms with Crippen LogP contribution in [0.25, 0.3) is 5.69 Å². The fourth-order valence-electron chi connectivity index (χ4n) is 2.46. The van der Waals surface area contributed by atoms with E-state index in [0.29, 0.717) is 0 Å². The minimum absolute atomic E-state index is 0.798. The van der Waals surface area contributed by atoms with E-state index in [1.54, 1.807) is 0 Å². The van der Waals surface area contributed by atoms with Crippen molar-refractivity contribution >= 4 is 0 Å². The smallest absolute Gasteiger partial charge is 0.0648 e. The minimum Gasteiger partial charge on any atom is -0.308 e. The molecule has 0 saturated carbocycles. The number of hydrogen-bond donors (Lipinski definition) is 2. The molecule has 0 unspecified atom stereocenters. The van der Waals surface area contributed by atoms with Gasteiger partial charge in [-0.15, -0.1) is 0 Å². The van der Waals surface area contributed by atoms with Crippen LogP contribution in [-0.2, 0) is 13.1 Å². The molecule has 5 nitrogen and oxygen atoms in total. The molecule has 0 atom stereocenters. The Morgan fingerprint density at radius 3 is 2.67 bits per heavy atom. The van der Waals surface area contributed by atoms with Gasteiger partial charge < -0.3 is 5.32 Å². The monoisotopic (exact) mass is 281 g/mol. The van der Waals surface area contributed by atoms with E-state index in [1.807, 2.05) is 35.3 Å². The van der Waals surface area contributed by atoms with Crippen LogP contribution in [0.1, 0.15) is 22.5 Å². The number of aryl methyl sites for hydroxylation is 1. The van der Waals surface area contributed by atoms with Crippen molar-refractivity contribution in [3.05, 3.63) is 65.2 Å². The van der Waals surface area contributed by atoms with Crippen molar-refractivity contribution in [3.8, 4) is 5.69 Å². The molecule has 0 fully saturated rings. The molecule has 2 aromatic heterocycles. The Labute approximate surface area is 124 Å². The van der Waals surface area contributed by atoms with E-state index < -0.39 is 0 Å².